The monoisotopic (exact) mass is 446 g/mol. The van der Waals surface area contributed by atoms with Gasteiger partial charge in [-0.2, -0.15) is 0 Å². The summed E-state index contributed by atoms with van der Waals surface area (Å²) >= 11 is 0. The average molecular weight is 446 g/mol. The van der Waals surface area contributed by atoms with Gasteiger partial charge in [0.25, 0.3) is 11.8 Å². The quantitative estimate of drug-likeness (QED) is 0.437. The third-order valence-corrected chi connectivity index (χ3v) is 5.12. The Kier molecular flexibility index (Phi) is 6.80. The summed E-state index contributed by atoms with van der Waals surface area (Å²) in [4.78, 5) is 27.0. The van der Waals surface area contributed by atoms with Crippen LogP contribution in [-0.2, 0) is 16.1 Å². The fourth-order valence-electron chi connectivity index (χ4n) is 3.49. The second-order valence-corrected chi connectivity index (χ2v) is 7.47. The van der Waals surface area contributed by atoms with Crippen molar-refractivity contribution >= 4 is 23.6 Å². The van der Waals surface area contributed by atoms with Crippen LogP contribution in [0.2, 0.25) is 0 Å². The van der Waals surface area contributed by atoms with Crippen molar-refractivity contribution in [3.63, 3.8) is 0 Å². The van der Waals surface area contributed by atoms with Crippen LogP contribution in [-0.4, -0.2) is 32.1 Å². The van der Waals surface area contributed by atoms with Crippen molar-refractivity contribution in [2.75, 3.05) is 25.2 Å². The van der Waals surface area contributed by atoms with Gasteiger partial charge in [0, 0.05) is 19.2 Å². The molecule has 4 rings (SSSR count). The molecule has 0 saturated heterocycles. The summed E-state index contributed by atoms with van der Waals surface area (Å²) in [5, 5.41) is 2.76. The highest BCUT2D eigenvalue weighted by molar-refractivity contribution is 6.09. The molecule has 0 aromatic heterocycles. The number of hydrogen-bond acceptors (Lipinski definition) is 4. The lowest BCUT2D eigenvalue weighted by Gasteiger charge is -2.30. The normalized spacial score (nSPS) is 14.1. The molecule has 0 bridgehead atoms. The molecule has 0 atom stereocenters. The van der Waals surface area contributed by atoms with E-state index in [1.54, 1.807) is 66.6 Å². The Balaban J connectivity index is 1.58. The zero-order valence-corrected chi connectivity index (χ0v) is 18.1. The first-order chi connectivity index (χ1) is 16.0. The maximum Gasteiger partial charge on any atom is 0.294 e. The molecule has 0 spiro atoms. The highest BCUT2D eigenvalue weighted by atomic mass is 19.1. The molecule has 0 saturated carbocycles. The molecule has 3 aromatic carbocycles. The van der Waals surface area contributed by atoms with Crippen molar-refractivity contribution in [3.8, 4) is 5.75 Å². The SMILES string of the molecule is COCCNC(=O)c1ccc(/C=C2\Oc3ccccc3N(Cc3cccc(F)c3)C2=O)cc1. The van der Waals surface area contributed by atoms with E-state index in [-0.39, 0.29) is 29.9 Å². The predicted molar refractivity (Wildman–Crippen MR) is 123 cm³/mol. The van der Waals surface area contributed by atoms with Crippen molar-refractivity contribution in [2.45, 2.75) is 6.54 Å². The molecule has 0 fully saturated rings. The van der Waals surface area contributed by atoms with E-state index in [1.807, 2.05) is 12.1 Å². The molecule has 1 aliphatic heterocycles. The summed E-state index contributed by atoms with van der Waals surface area (Å²) in [5.41, 5.74) is 2.49. The second kappa shape index (κ2) is 10.1. The number of anilines is 1. The topological polar surface area (TPSA) is 67.9 Å². The highest BCUT2D eigenvalue weighted by Gasteiger charge is 2.30. The molecule has 7 heteroatoms. The number of halogens is 1. The molecule has 33 heavy (non-hydrogen) atoms. The molecule has 6 nitrogen and oxygen atoms in total. The van der Waals surface area contributed by atoms with Gasteiger partial charge >= 0.3 is 0 Å². The number of fused-ring (bicyclic) bond motifs is 1. The van der Waals surface area contributed by atoms with E-state index in [2.05, 4.69) is 5.32 Å². The van der Waals surface area contributed by atoms with Gasteiger partial charge in [-0.15, -0.1) is 0 Å². The average Bonchev–Trinajstić information content (AvgIpc) is 2.82. The van der Waals surface area contributed by atoms with Gasteiger partial charge in [-0.25, -0.2) is 4.39 Å². The molecule has 1 N–H and O–H groups in total. The van der Waals surface area contributed by atoms with Crippen molar-refractivity contribution in [1.82, 2.24) is 5.32 Å². The number of carbonyl (C=O) groups excluding carboxylic acids is 2. The largest absolute Gasteiger partial charge is 0.449 e. The third kappa shape index (κ3) is 5.27. The van der Waals surface area contributed by atoms with Gasteiger partial charge in [0.05, 0.1) is 18.8 Å². The van der Waals surface area contributed by atoms with Crippen LogP contribution < -0.4 is 15.0 Å². The Morgan fingerprint density at radius 3 is 2.64 bits per heavy atom. The summed E-state index contributed by atoms with van der Waals surface area (Å²) in [5.74, 6) is -0.217. The lowest BCUT2D eigenvalue weighted by atomic mass is 10.1. The minimum atomic E-state index is -0.358. The minimum Gasteiger partial charge on any atom is -0.449 e. The second-order valence-electron chi connectivity index (χ2n) is 7.47. The molecular formula is C26H23FN2O4. The molecule has 2 amide bonds. The third-order valence-electron chi connectivity index (χ3n) is 5.12. The van der Waals surface area contributed by atoms with E-state index in [9.17, 15) is 14.0 Å². The number of nitrogens with one attached hydrogen (secondary N) is 1. The summed E-state index contributed by atoms with van der Waals surface area (Å²) in [6.45, 7) is 1.06. The van der Waals surface area contributed by atoms with Crippen LogP contribution in [0.1, 0.15) is 21.5 Å². The highest BCUT2D eigenvalue weighted by Crippen LogP contribution is 2.36. The Labute approximate surface area is 191 Å². The fraction of sp³-hybridized carbons (Fsp3) is 0.154. The number of carbonyl (C=O) groups is 2. The van der Waals surface area contributed by atoms with E-state index < -0.39 is 0 Å². The lowest BCUT2D eigenvalue weighted by Crippen LogP contribution is -2.36. The van der Waals surface area contributed by atoms with Crippen molar-refractivity contribution in [2.24, 2.45) is 0 Å². The molecular weight excluding hydrogens is 423 g/mol. The van der Waals surface area contributed by atoms with Gasteiger partial charge in [-0.05, 0) is 53.6 Å². The van der Waals surface area contributed by atoms with Gasteiger partial charge in [0.2, 0.25) is 0 Å². The molecule has 1 heterocycles. The Hall–Kier alpha value is -3.97. The van der Waals surface area contributed by atoms with Crippen LogP contribution >= 0.6 is 0 Å². The number of amides is 2. The maximum atomic E-state index is 13.7. The van der Waals surface area contributed by atoms with Crippen LogP contribution in [0.3, 0.4) is 0 Å². The van der Waals surface area contributed by atoms with Crippen LogP contribution in [0.5, 0.6) is 5.75 Å². The number of methoxy groups -OCH3 is 1. The van der Waals surface area contributed by atoms with E-state index in [1.165, 1.54) is 12.1 Å². The predicted octanol–water partition coefficient (Wildman–Crippen LogP) is 4.17. The zero-order chi connectivity index (χ0) is 23.2. The first-order valence-corrected chi connectivity index (χ1v) is 10.5. The van der Waals surface area contributed by atoms with Crippen molar-refractivity contribution in [3.05, 3.63) is 101 Å². The Morgan fingerprint density at radius 1 is 1.09 bits per heavy atom. The van der Waals surface area contributed by atoms with Gasteiger partial charge in [-0.3, -0.25) is 14.5 Å². The van der Waals surface area contributed by atoms with Gasteiger partial charge in [0.1, 0.15) is 5.82 Å². The lowest BCUT2D eigenvalue weighted by molar-refractivity contribution is -0.117. The molecule has 0 aliphatic carbocycles. The summed E-state index contributed by atoms with van der Waals surface area (Å²) in [6, 6.07) is 20.2. The number of benzene rings is 3. The van der Waals surface area contributed by atoms with Crippen LogP contribution in [0.4, 0.5) is 10.1 Å². The number of hydrogen-bond donors (Lipinski definition) is 1. The molecule has 0 radical (unpaired) electrons. The minimum absolute atomic E-state index is 0.141. The van der Waals surface area contributed by atoms with Crippen LogP contribution in [0.25, 0.3) is 6.08 Å². The summed E-state index contributed by atoms with van der Waals surface area (Å²) in [7, 11) is 1.57. The first-order valence-electron chi connectivity index (χ1n) is 10.5. The van der Waals surface area contributed by atoms with Crippen LogP contribution in [0, 0.1) is 5.82 Å². The molecule has 3 aromatic rings. The summed E-state index contributed by atoms with van der Waals surface area (Å²) < 4.78 is 24.5. The maximum absolute atomic E-state index is 13.7. The van der Waals surface area contributed by atoms with Crippen molar-refractivity contribution < 1.29 is 23.5 Å². The van der Waals surface area contributed by atoms with Gasteiger partial charge in [0.15, 0.2) is 11.5 Å². The van der Waals surface area contributed by atoms with Gasteiger partial charge in [-0.1, -0.05) is 36.4 Å². The molecule has 168 valence electrons. The molecule has 0 unspecified atom stereocenters. The zero-order valence-electron chi connectivity index (χ0n) is 18.1. The fourth-order valence-corrected chi connectivity index (χ4v) is 3.49. The summed E-state index contributed by atoms with van der Waals surface area (Å²) in [6.07, 6.45) is 1.63. The number of nitrogens with zero attached hydrogens (tertiary/aromatic N) is 1. The standard InChI is InChI=1S/C26H23FN2O4/c1-32-14-13-28-25(30)20-11-9-18(10-12-20)16-24-26(31)29(17-19-5-4-6-21(27)15-19)22-7-2-3-8-23(22)33-24/h2-12,15-16H,13-14,17H2,1H3,(H,28,30)/b24-16-. The Bertz CT molecular complexity index is 1190. The van der Waals surface area contributed by atoms with E-state index >= 15 is 0 Å². The van der Waals surface area contributed by atoms with E-state index in [4.69, 9.17) is 9.47 Å². The van der Waals surface area contributed by atoms with Crippen molar-refractivity contribution in [1.29, 1.82) is 0 Å². The smallest absolute Gasteiger partial charge is 0.294 e. The van der Waals surface area contributed by atoms with Crippen LogP contribution in [0.15, 0.2) is 78.6 Å². The number of para-hydroxylation sites is 2. The Morgan fingerprint density at radius 2 is 1.88 bits per heavy atom. The van der Waals surface area contributed by atoms with E-state index in [0.29, 0.717) is 41.3 Å². The number of ether oxygens (including phenoxy) is 2. The molecule has 1 aliphatic rings. The first kappa shape index (κ1) is 22.2. The van der Waals surface area contributed by atoms with E-state index in [0.717, 1.165) is 0 Å². The number of rotatable bonds is 7. The van der Waals surface area contributed by atoms with Gasteiger partial charge < -0.3 is 14.8 Å².